The van der Waals surface area contributed by atoms with Crippen LogP contribution in [0.4, 0.5) is 5.82 Å². The summed E-state index contributed by atoms with van der Waals surface area (Å²) in [5.41, 5.74) is 0. The van der Waals surface area contributed by atoms with Gasteiger partial charge in [0, 0.05) is 24.2 Å². The molecule has 0 bridgehead atoms. The Morgan fingerprint density at radius 1 is 1.47 bits per heavy atom. The number of rotatable bonds is 5. The number of carboxylic acids is 1. The number of carbonyl (C=O) groups is 1. The Kier molecular flexibility index (Phi) is 3.58. The summed E-state index contributed by atoms with van der Waals surface area (Å²) in [5, 5.41) is 12.6. The van der Waals surface area contributed by atoms with Gasteiger partial charge < -0.3 is 5.11 Å². The molecular weight excluding hydrogens is 290 g/mol. The molecule has 2 N–H and O–H groups in total. The lowest BCUT2D eigenvalue weighted by molar-refractivity contribution is -0.136. The van der Waals surface area contributed by atoms with Gasteiger partial charge in [0.1, 0.15) is 4.21 Å². The third-order valence-electron chi connectivity index (χ3n) is 2.18. The van der Waals surface area contributed by atoms with Crippen molar-refractivity contribution in [3.05, 3.63) is 29.3 Å². The van der Waals surface area contributed by atoms with Gasteiger partial charge in [-0.2, -0.15) is 5.10 Å². The number of carboxylic acid groups (broad SMARTS) is 1. The molecule has 19 heavy (non-hydrogen) atoms. The average molecular weight is 301 g/mol. The highest BCUT2D eigenvalue weighted by molar-refractivity contribution is 7.94. The molecule has 0 atom stereocenters. The Labute approximate surface area is 113 Å². The maximum absolute atomic E-state index is 12.0. The minimum absolute atomic E-state index is 0.0643. The van der Waals surface area contributed by atoms with Gasteiger partial charge in [-0.15, -0.1) is 11.3 Å². The lowest BCUT2D eigenvalue weighted by atomic mass is 10.3. The number of aliphatic carboxylic acids is 1. The van der Waals surface area contributed by atoms with Crippen molar-refractivity contribution in [3.8, 4) is 0 Å². The fraction of sp³-hybridized carbons (Fsp3) is 0.200. The Morgan fingerprint density at radius 3 is 2.79 bits per heavy atom. The summed E-state index contributed by atoms with van der Waals surface area (Å²) < 4.78 is 27.9. The molecule has 0 saturated heterocycles. The van der Waals surface area contributed by atoms with Gasteiger partial charge in [0.2, 0.25) is 0 Å². The minimum atomic E-state index is -3.72. The van der Waals surface area contributed by atoms with E-state index in [4.69, 9.17) is 5.11 Å². The standard InChI is InChI=1S/C10H11N3O4S2/c1-13-5-4-8(11-13)12-19(16,17)10-3-2-7(18-10)6-9(14)15/h2-5H,6H2,1H3,(H,11,12)(H,14,15). The van der Waals surface area contributed by atoms with Crippen LogP contribution >= 0.6 is 11.3 Å². The van der Waals surface area contributed by atoms with E-state index in [0.29, 0.717) is 4.88 Å². The van der Waals surface area contributed by atoms with Crippen molar-refractivity contribution in [3.63, 3.8) is 0 Å². The summed E-state index contributed by atoms with van der Waals surface area (Å²) in [6.45, 7) is 0. The highest BCUT2D eigenvalue weighted by Crippen LogP contribution is 2.23. The number of thiophene rings is 1. The third kappa shape index (κ3) is 3.32. The Balaban J connectivity index is 2.19. The van der Waals surface area contributed by atoms with Crippen molar-refractivity contribution in [1.29, 1.82) is 0 Å². The highest BCUT2D eigenvalue weighted by Gasteiger charge is 2.18. The minimum Gasteiger partial charge on any atom is -0.481 e. The van der Waals surface area contributed by atoms with Gasteiger partial charge >= 0.3 is 5.97 Å². The van der Waals surface area contributed by atoms with E-state index in [0.717, 1.165) is 11.3 Å². The summed E-state index contributed by atoms with van der Waals surface area (Å²) in [5.74, 6) is -0.779. The Bertz CT molecular complexity index is 702. The summed E-state index contributed by atoms with van der Waals surface area (Å²) >= 11 is 0.928. The zero-order chi connectivity index (χ0) is 14.0. The van der Waals surface area contributed by atoms with Crippen LogP contribution in [-0.2, 0) is 28.3 Å². The molecule has 0 saturated carbocycles. The quantitative estimate of drug-likeness (QED) is 0.854. The van der Waals surface area contributed by atoms with E-state index < -0.39 is 16.0 Å². The third-order valence-corrected chi connectivity index (χ3v) is 5.11. The molecule has 2 aromatic rings. The first kappa shape index (κ1) is 13.6. The number of aryl methyl sites for hydroxylation is 1. The van der Waals surface area contributed by atoms with E-state index in [1.807, 2.05) is 0 Å². The number of aromatic nitrogens is 2. The van der Waals surface area contributed by atoms with Gasteiger partial charge in [0.25, 0.3) is 10.0 Å². The highest BCUT2D eigenvalue weighted by atomic mass is 32.2. The van der Waals surface area contributed by atoms with Crippen molar-refractivity contribution in [1.82, 2.24) is 9.78 Å². The second-order valence-corrected chi connectivity index (χ2v) is 6.85. The first-order valence-corrected chi connectivity index (χ1v) is 7.50. The van der Waals surface area contributed by atoms with Crippen LogP contribution in [0.15, 0.2) is 28.6 Å². The smallest absolute Gasteiger partial charge is 0.308 e. The van der Waals surface area contributed by atoms with E-state index >= 15 is 0 Å². The Hall–Kier alpha value is -1.87. The van der Waals surface area contributed by atoms with Crippen LogP contribution in [0.5, 0.6) is 0 Å². The molecule has 0 aliphatic heterocycles. The summed E-state index contributed by atoms with van der Waals surface area (Å²) in [7, 11) is -2.04. The zero-order valence-corrected chi connectivity index (χ0v) is 11.5. The van der Waals surface area contributed by atoms with Crippen molar-refractivity contribution in [2.75, 3.05) is 4.72 Å². The van der Waals surface area contributed by atoms with Gasteiger partial charge in [-0.3, -0.25) is 14.2 Å². The van der Waals surface area contributed by atoms with Crippen LogP contribution in [0, 0.1) is 0 Å². The van der Waals surface area contributed by atoms with E-state index in [2.05, 4.69) is 9.82 Å². The molecule has 0 aliphatic carbocycles. The van der Waals surface area contributed by atoms with Gasteiger partial charge in [-0.05, 0) is 12.1 Å². The molecule has 0 aliphatic rings. The SMILES string of the molecule is Cn1ccc(NS(=O)(=O)c2ccc(CC(=O)O)s2)n1. The number of sulfonamides is 1. The molecule has 7 nitrogen and oxygen atoms in total. The molecule has 2 heterocycles. The first-order chi connectivity index (χ1) is 8.87. The van der Waals surface area contributed by atoms with Crippen LogP contribution < -0.4 is 4.72 Å². The normalized spacial score (nSPS) is 11.4. The Morgan fingerprint density at radius 2 is 2.21 bits per heavy atom. The molecule has 102 valence electrons. The topological polar surface area (TPSA) is 101 Å². The summed E-state index contributed by atoms with van der Waals surface area (Å²) in [6, 6.07) is 4.41. The molecular formula is C10H11N3O4S2. The summed E-state index contributed by atoms with van der Waals surface area (Å²) in [4.78, 5) is 11.0. The molecule has 2 rings (SSSR count). The van der Waals surface area contributed by atoms with Crippen molar-refractivity contribution < 1.29 is 18.3 Å². The molecule has 0 unspecified atom stereocenters. The van der Waals surface area contributed by atoms with Gasteiger partial charge in [0.15, 0.2) is 5.82 Å². The number of anilines is 1. The van der Waals surface area contributed by atoms with Crippen molar-refractivity contribution >= 4 is 33.1 Å². The fourth-order valence-corrected chi connectivity index (χ4v) is 3.75. The largest absolute Gasteiger partial charge is 0.481 e. The van der Waals surface area contributed by atoms with E-state index in [-0.39, 0.29) is 16.4 Å². The maximum Gasteiger partial charge on any atom is 0.308 e. The van der Waals surface area contributed by atoms with Crippen molar-refractivity contribution in [2.24, 2.45) is 7.05 Å². The number of hydrogen-bond acceptors (Lipinski definition) is 5. The number of hydrogen-bond donors (Lipinski definition) is 2. The molecule has 0 fully saturated rings. The van der Waals surface area contributed by atoms with Crippen LogP contribution in [0.25, 0.3) is 0 Å². The molecule has 0 spiro atoms. The molecule has 0 amide bonds. The monoisotopic (exact) mass is 301 g/mol. The van der Waals surface area contributed by atoms with Crippen molar-refractivity contribution in [2.45, 2.75) is 10.6 Å². The maximum atomic E-state index is 12.0. The van der Waals surface area contributed by atoms with Gasteiger partial charge in [-0.1, -0.05) is 0 Å². The predicted molar refractivity (Wildman–Crippen MR) is 69.7 cm³/mol. The van der Waals surface area contributed by atoms with E-state index in [1.165, 1.54) is 22.9 Å². The zero-order valence-electron chi connectivity index (χ0n) is 9.90. The first-order valence-electron chi connectivity index (χ1n) is 5.20. The molecule has 0 aromatic carbocycles. The second-order valence-electron chi connectivity index (χ2n) is 3.77. The average Bonchev–Trinajstić information content (AvgIpc) is 2.87. The lowest BCUT2D eigenvalue weighted by Crippen LogP contribution is -2.12. The van der Waals surface area contributed by atoms with Crippen LogP contribution in [0.3, 0.4) is 0 Å². The summed E-state index contributed by atoms with van der Waals surface area (Å²) in [6.07, 6.45) is 1.42. The number of nitrogens with one attached hydrogen (secondary N) is 1. The predicted octanol–water partition coefficient (Wildman–Crippen LogP) is 0.909. The lowest BCUT2D eigenvalue weighted by Gasteiger charge is -2.01. The van der Waals surface area contributed by atoms with Crippen LogP contribution in [-0.4, -0.2) is 29.3 Å². The molecule has 2 aromatic heterocycles. The number of nitrogens with zero attached hydrogens (tertiary/aromatic N) is 2. The van der Waals surface area contributed by atoms with Crippen LogP contribution in [0.2, 0.25) is 0 Å². The fourth-order valence-electron chi connectivity index (χ4n) is 1.40. The van der Waals surface area contributed by atoms with Gasteiger partial charge in [-0.25, -0.2) is 8.42 Å². The van der Waals surface area contributed by atoms with E-state index in [1.54, 1.807) is 13.2 Å². The van der Waals surface area contributed by atoms with Crippen LogP contribution in [0.1, 0.15) is 4.88 Å². The van der Waals surface area contributed by atoms with E-state index in [9.17, 15) is 13.2 Å². The molecule has 0 radical (unpaired) electrons. The van der Waals surface area contributed by atoms with Gasteiger partial charge in [0.05, 0.1) is 6.42 Å². The molecule has 9 heteroatoms. The second kappa shape index (κ2) is 5.02.